The summed E-state index contributed by atoms with van der Waals surface area (Å²) in [6.07, 6.45) is -2.46. The molecule has 0 aromatic heterocycles. The first-order valence-corrected chi connectivity index (χ1v) is 10.9. The highest BCUT2D eigenvalue weighted by atomic mass is 16.5. The second kappa shape index (κ2) is 9.68. The predicted octanol–water partition coefficient (Wildman–Crippen LogP) is 5.59. The Kier molecular flexibility index (Phi) is 7.17. The molecule has 0 saturated heterocycles. The summed E-state index contributed by atoms with van der Waals surface area (Å²) in [6, 6.07) is 21.8. The molecule has 32 heavy (non-hydrogen) atoms. The van der Waals surface area contributed by atoms with Crippen molar-refractivity contribution < 1.29 is 19.7 Å². The van der Waals surface area contributed by atoms with E-state index in [1.54, 1.807) is 48.5 Å². The van der Waals surface area contributed by atoms with Crippen LogP contribution in [0.4, 0.5) is 0 Å². The molecule has 2 atom stereocenters. The third-order valence-corrected chi connectivity index (χ3v) is 5.76. The van der Waals surface area contributed by atoms with Gasteiger partial charge in [0.1, 0.15) is 11.7 Å². The van der Waals surface area contributed by atoms with Crippen LogP contribution < -0.4 is 4.74 Å². The van der Waals surface area contributed by atoms with Crippen molar-refractivity contribution in [3.8, 4) is 5.75 Å². The van der Waals surface area contributed by atoms with Gasteiger partial charge in [0.25, 0.3) is 0 Å². The largest absolute Gasteiger partial charge is 0.426 e. The Morgan fingerprint density at radius 2 is 1.19 bits per heavy atom. The molecule has 0 bridgehead atoms. The molecule has 4 heteroatoms. The molecule has 0 aliphatic rings. The Balaban J connectivity index is 1.97. The quantitative estimate of drug-likeness (QED) is 0.394. The second-order valence-electron chi connectivity index (χ2n) is 9.35. The molecule has 0 heterocycles. The minimum Gasteiger partial charge on any atom is -0.426 e. The topological polar surface area (TPSA) is 66.8 Å². The molecular weight excluding hydrogens is 400 g/mol. The van der Waals surface area contributed by atoms with Crippen molar-refractivity contribution in [2.24, 2.45) is 5.92 Å². The van der Waals surface area contributed by atoms with E-state index in [1.807, 2.05) is 38.1 Å². The van der Waals surface area contributed by atoms with E-state index in [1.165, 1.54) is 0 Å². The Hall–Kier alpha value is -2.95. The van der Waals surface area contributed by atoms with Gasteiger partial charge in [0.15, 0.2) is 0 Å². The molecule has 4 nitrogen and oxygen atoms in total. The van der Waals surface area contributed by atoms with Crippen molar-refractivity contribution in [1.29, 1.82) is 0 Å². The molecule has 3 aromatic rings. The summed E-state index contributed by atoms with van der Waals surface area (Å²) in [4.78, 5) is 13.4. The predicted molar refractivity (Wildman–Crippen MR) is 127 cm³/mol. The van der Waals surface area contributed by atoms with Crippen LogP contribution in [-0.2, 0) is 10.2 Å². The zero-order valence-corrected chi connectivity index (χ0v) is 19.4. The van der Waals surface area contributed by atoms with Gasteiger partial charge < -0.3 is 14.9 Å². The fourth-order valence-corrected chi connectivity index (χ4v) is 3.86. The molecule has 3 aromatic carbocycles. The summed E-state index contributed by atoms with van der Waals surface area (Å²) in [5, 5.41) is 22.2. The van der Waals surface area contributed by atoms with Gasteiger partial charge in [-0.2, -0.15) is 0 Å². The standard InChI is InChI=1S/C28H32O4/c1-18-16-22(28(3,4)5)17-19(2)26(18)32-27(31)23(24(29)20-12-8-6-9-13-20)25(30)21-14-10-7-11-15-21/h6-17,23-25,29-30H,1-5H3. The summed E-state index contributed by atoms with van der Waals surface area (Å²) in [5.74, 6) is -1.40. The van der Waals surface area contributed by atoms with E-state index >= 15 is 0 Å². The van der Waals surface area contributed by atoms with Gasteiger partial charge >= 0.3 is 5.97 Å². The maximum atomic E-state index is 13.4. The van der Waals surface area contributed by atoms with Crippen LogP contribution in [0, 0.1) is 19.8 Å². The molecule has 0 aliphatic carbocycles. The van der Waals surface area contributed by atoms with Gasteiger partial charge in [0.05, 0.1) is 12.2 Å². The fourth-order valence-electron chi connectivity index (χ4n) is 3.86. The summed E-state index contributed by atoms with van der Waals surface area (Å²) >= 11 is 0. The number of hydrogen-bond donors (Lipinski definition) is 2. The van der Waals surface area contributed by atoms with Crippen LogP contribution in [0.5, 0.6) is 5.75 Å². The lowest BCUT2D eigenvalue weighted by atomic mass is 9.85. The van der Waals surface area contributed by atoms with Crippen molar-refractivity contribution in [2.45, 2.75) is 52.2 Å². The average molecular weight is 433 g/mol. The zero-order valence-electron chi connectivity index (χ0n) is 19.4. The lowest BCUT2D eigenvalue weighted by molar-refractivity contribution is -0.149. The summed E-state index contributed by atoms with van der Waals surface area (Å²) in [6.45, 7) is 10.2. The van der Waals surface area contributed by atoms with E-state index in [4.69, 9.17) is 4.74 Å². The minimum absolute atomic E-state index is 0.0341. The molecule has 3 rings (SSSR count). The van der Waals surface area contributed by atoms with E-state index in [2.05, 4.69) is 20.8 Å². The maximum Gasteiger partial charge on any atom is 0.320 e. The van der Waals surface area contributed by atoms with E-state index in [-0.39, 0.29) is 5.41 Å². The van der Waals surface area contributed by atoms with Crippen molar-refractivity contribution in [3.05, 3.63) is 101 Å². The van der Waals surface area contributed by atoms with Gasteiger partial charge in [-0.25, -0.2) is 0 Å². The first-order valence-electron chi connectivity index (χ1n) is 10.9. The van der Waals surface area contributed by atoms with Crippen LogP contribution in [0.25, 0.3) is 0 Å². The lowest BCUT2D eigenvalue weighted by Crippen LogP contribution is -2.32. The smallest absolute Gasteiger partial charge is 0.320 e. The third kappa shape index (κ3) is 5.26. The van der Waals surface area contributed by atoms with Crippen molar-refractivity contribution in [3.63, 3.8) is 0 Å². The van der Waals surface area contributed by atoms with Gasteiger partial charge in [0.2, 0.25) is 0 Å². The maximum absolute atomic E-state index is 13.4. The first-order chi connectivity index (χ1) is 15.1. The number of ether oxygens (including phenoxy) is 1. The number of aliphatic hydroxyl groups excluding tert-OH is 2. The molecule has 0 aliphatic heterocycles. The van der Waals surface area contributed by atoms with Crippen LogP contribution in [0.3, 0.4) is 0 Å². The molecule has 0 fully saturated rings. The molecule has 168 valence electrons. The number of hydrogen-bond acceptors (Lipinski definition) is 4. The summed E-state index contributed by atoms with van der Waals surface area (Å²) in [5.41, 5.74) is 3.88. The molecule has 2 unspecified atom stereocenters. The number of aryl methyl sites for hydroxylation is 2. The lowest BCUT2D eigenvalue weighted by Gasteiger charge is -2.27. The van der Waals surface area contributed by atoms with Gasteiger partial charge in [-0.3, -0.25) is 4.79 Å². The number of carbonyl (C=O) groups excluding carboxylic acids is 1. The van der Waals surface area contributed by atoms with Gasteiger partial charge in [-0.1, -0.05) is 93.6 Å². The third-order valence-electron chi connectivity index (χ3n) is 5.76. The zero-order chi connectivity index (χ0) is 23.5. The highest BCUT2D eigenvalue weighted by Gasteiger charge is 2.37. The molecule has 2 N–H and O–H groups in total. The minimum atomic E-state index is -1.23. The number of carbonyl (C=O) groups is 1. The Morgan fingerprint density at radius 1 is 0.781 bits per heavy atom. The van der Waals surface area contributed by atoms with Crippen LogP contribution >= 0.6 is 0 Å². The molecule has 0 amide bonds. The molecular formula is C28H32O4. The number of esters is 1. The van der Waals surface area contributed by atoms with Crippen LogP contribution in [0.1, 0.15) is 60.8 Å². The van der Waals surface area contributed by atoms with Gasteiger partial charge in [0, 0.05) is 0 Å². The monoisotopic (exact) mass is 432 g/mol. The second-order valence-corrected chi connectivity index (χ2v) is 9.35. The summed E-state index contributed by atoms with van der Waals surface area (Å²) in [7, 11) is 0. The van der Waals surface area contributed by atoms with Crippen LogP contribution in [0.15, 0.2) is 72.8 Å². The van der Waals surface area contributed by atoms with Crippen LogP contribution in [0.2, 0.25) is 0 Å². The van der Waals surface area contributed by atoms with E-state index in [9.17, 15) is 15.0 Å². The average Bonchev–Trinajstić information content (AvgIpc) is 2.76. The Labute approximate surface area is 190 Å². The summed E-state index contributed by atoms with van der Waals surface area (Å²) < 4.78 is 5.83. The molecule has 0 saturated carbocycles. The van der Waals surface area contributed by atoms with Crippen molar-refractivity contribution >= 4 is 5.97 Å². The van der Waals surface area contributed by atoms with Crippen molar-refractivity contribution in [2.75, 3.05) is 0 Å². The Bertz CT molecular complexity index is 983. The Morgan fingerprint density at radius 3 is 1.56 bits per heavy atom. The van der Waals surface area contributed by atoms with Gasteiger partial charge in [-0.05, 0) is 47.1 Å². The van der Waals surface area contributed by atoms with E-state index in [0.29, 0.717) is 16.9 Å². The van der Waals surface area contributed by atoms with Crippen LogP contribution in [-0.4, -0.2) is 16.2 Å². The molecule has 0 radical (unpaired) electrons. The first kappa shape index (κ1) is 23.7. The molecule has 0 spiro atoms. The van der Waals surface area contributed by atoms with Crippen molar-refractivity contribution in [1.82, 2.24) is 0 Å². The highest BCUT2D eigenvalue weighted by molar-refractivity contribution is 5.78. The van der Waals surface area contributed by atoms with E-state index in [0.717, 1.165) is 16.7 Å². The highest BCUT2D eigenvalue weighted by Crippen LogP contribution is 2.36. The fraction of sp³-hybridized carbons (Fsp3) is 0.321. The number of rotatable bonds is 6. The number of benzene rings is 3. The SMILES string of the molecule is Cc1cc(C(C)(C)C)cc(C)c1OC(=O)C(C(O)c1ccccc1)C(O)c1ccccc1. The normalized spacial score (nSPS) is 14.5. The van der Waals surface area contributed by atoms with E-state index < -0.39 is 24.1 Å². The van der Waals surface area contributed by atoms with Gasteiger partial charge in [-0.15, -0.1) is 0 Å². The number of aliphatic hydroxyl groups is 2.